The summed E-state index contributed by atoms with van der Waals surface area (Å²) in [5.41, 5.74) is 1.31. The van der Waals surface area contributed by atoms with Gasteiger partial charge < -0.3 is 0 Å². The Kier molecular flexibility index (Phi) is 6.88. The van der Waals surface area contributed by atoms with Gasteiger partial charge in [-0.1, -0.05) is 69.7 Å². The molecule has 2 heteroatoms. The van der Waals surface area contributed by atoms with Crippen molar-refractivity contribution < 1.29 is 8.78 Å². The molecule has 29 heavy (non-hydrogen) atoms. The zero-order chi connectivity index (χ0) is 20.2. The lowest BCUT2D eigenvalue weighted by atomic mass is 9.68. The molecule has 0 amide bonds. The average molecular weight is 399 g/mol. The summed E-state index contributed by atoms with van der Waals surface area (Å²) >= 11 is 0. The molecular formula is C27H36F2. The van der Waals surface area contributed by atoms with Crippen LogP contribution in [-0.2, 0) is 0 Å². The molecule has 2 aromatic carbocycles. The summed E-state index contributed by atoms with van der Waals surface area (Å²) in [6, 6.07) is 8.84. The minimum absolute atomic E-state index is 0.401. The molecule has 0 aromatic heterocycles. The Morgan fingerprint density at radius 3 is 2.17 bits per heavy atom. The van der Waals surface area contributed by atoms with Crippen molar-refractivity contribution in [3.05, 3.63) is 47.5 Å². The average Bonchev–Trinajstić information content (AvgIpc) is 2.77. The van der Waals surface area contributed by atoms with Gasteiger partial charge in [-0.2, -0.15) is 0 Å². The zero-order valence-electron chi connectivity index (χ0n) is 17.9. The Labute approximate surface area is 175 Å². The van der Waals surface area contributed by atoms with Crippen molar-refractivity contribution in [2.45, 2.75) is 89.9 Å². The van der Waals surface area contributed by atoms with E-state index in [-0.39, 0.29) is 0 Å². The van der Waals surface area contributed by atoms with Crippen LogP contribution in [0.5, 0.6) is 0 Å². The van der Waals surface area contributed by atoms with Crippen LogP contribution in [0.4, 0.5) is 8.78 Å². The summed E-state index contributed by atoms with van der Waals surface area (Å²) in [6.45, 7) is 2.29. The number of unbranched alkanes of at least 4 members (excludes halogenated alkanes) is 2. The van der Waals surface area contributed by atoms with Crippen LogP contribution in [0.25, 0.3) is 10.8 Å². The lowest BCUT2D eigenvalue weighted by molar-refractivity contribution is 0.155. The summed E-state index contributed by atoms with van der Waals surface area (Å²) in [7, 11) is 0. The van der Waals surface area contributed by atoms with Crippen LogP contribution in [0.2, 0.25) is 0 Å². The van der Waals surface area contributed by atoms with Gasteiger partial charge in [0.25, 0.3) is 0 Å². The van der Waals surface area contributed by atoms with Crippen molar-refractivity contribution in [2.75, 3.05) is 0 Å². The molecule has 0 aliphatic heterocycles. The summed E-state index contributed by atoms with van der Waals surface area (Å²) in [6.07, 6.45) is 16.6. The normalized spacial score (nSPS) is 28.0. The Bertz CT molecular complexity index is 796. The second-order valence-electron chi connectivity index (χ2n) is 9.73. The van der Waals surface area contributed by atoms with E-state index in [0.29, 0.717) is 11.3 Å². The third kappa shape index (κ3) is 4.84. The maximum atomic E-state index is 14.0. The molecule has 2 aliphatic rings. The maximum absolute atomic E-state index is 14.0. The number of rotatable bonds is 6. The molecule has 158 valence electrons. The number of hydrogen-bond acceptors (Lipinski definition) is 0. The summed E-state index contributed by atoms with van der Waals surface area (Å²) in [5, 5.41) is 1.23. The van der Waals surface area contributed by atoms with Gasteiger partial charge in [0.15, 0.2) is 11.6 Å². The topological polar surface area (TPSA) is 0 Å². The predicted molar refractivity (Wildman–Crippen MR) is 118 cm³/mol. The quantitative estimate of drug-likeness (QED) is 0.426. The van der Waals surface area contributed by atoms with E-state index in [1.165, 1.54) is 88.7 Å². The van der Waals surface area contributed by atoms with Crippen LogP contribution < -0.4 is 0 Å². The summed E-state index contributed by atoms with van der Waals surface area (Å²) in [4.78, 5) is 0. The van der Waals surface area contributed by atoms with E-state index in [1.807, 2.05) is 6.07 Å². The summed E-state index contributed by atoms with van der Waals surface area (Å²) < 4.78 is 27.4. The van der Waals surface area contributed by atoms with Crippen LogP contribution in [0.1, 0.15) is 95.5 Å². The fourth-order valence-corrected chi connectivity index (χ4v) is 6.09. The van der Waals surface area contributed by atoms with Crippen LogP contribution in [-0.4, -0.2) is 0 Å². The van der Waals surface area contributed by atoms with E-state index in [9.17, 15) is 8.78 Å². The van der Waals surface area contributed by atoms with Crippen LogP contribution in [0.15, 0.2) is 30.3 Å². The molecule has 2 saturated carbocycles. The van der Waals surface area contributed by atoms with Crippen molar-refractivity contribution in [3.8, 4) is 0 Å². The molecule has 0 spiro atoms. The molecule has 0 nitrogen and oxygen atoms in total. The first-order valence-corrected chi connectivity index (χ1v) is 12.0. The van der Waals surface area contributed by atoms with E-state index in [0.717, 1.165) is 23.1 Å². The van der Waals surface area contributed by atoms with Crippen LogP contribution in [0, 0.1) is 29.4 Å². The molecular weight excluding hydrogens is 362 g/mol. The molecule has 0 atom stereocenters. The van der Waals surface area contributed by atoms with Gasteiger partial charge in [-0.15, -0.1) is 0 Å². The second-order valence-corrected chi connectivity index (χ2v) is 9.73. The highest BCUT2D eigenvalue weighted by molar-refractivity contribution is 5.84. The van der Waals surface area contributed by atoms with E-state index < -0.39 is 11.6 Å². The third-order valence-corrected chi connectivity index (χ3v) is 7.95. The summed E-state index contributed by atoms with van der Waals surface area (Å²) in [5.74, 6) is 1.96. The standard InChI is InChI=1S/C27H36F2/c1-2-3-4-5-19-6-8-20(9-7-19)21-10-12-22(13-11-21)23-14-16-25-24(18-23)15-17-26(28)27(25)29/h14-22H,2-13H2,1H3. The van der Waals surface area contributed by atoms with E-state index in [2.05, 4.69) is 13.0 Å². The molecule has 2 aromatic rings. The SMILES string of the molecule is CCCCCC1CCC(C2CCC(c3ccc4c(F)c(F)ccc4c3)CC2)CC1. The molecule has 2 fully saturated rings. The van der Waals surface area contributed by atoms with Gasteiger partial charge in [0.2, 0.25) is 0 Å². The van der Waals surface area contributed by atoms with Crippen molar-refractivity contribution in [3.63, 3.8) is 0 Å². The number of hydrogen-bond donors (Lipinski definition) is 0. The Hall–Kier alpha value is -1.44. The molecule has 0 radical (unpaired) electrons. The second kappa shape index (κ2) is 9.58. The first-order valence-electron chi connectivity index (χ1n) is 12.0. The third-order valence-electron chi connectivity index (χ3n) is 7.95. The van der Waals surface area contributed by atoms with E-state index in [1.54, 1.807) is 12.1 Å². The molecule has 0 N–H and O–H groups in total. The Balaban J connectivity index is 1.30. The molecule has 2 aliphatic carbocycles. The van der Waals surface area contributed by atoms with E-state index in [4.69, 9.17) is 0 Å². The van der Waals surface area contributed by atoms with Crippen LogP contribution >= 0.6 is 0 Å². The van der Waals surface area contributed by atoms with E-state index >= 15 is 0 Å². The number of halogens is 2. The van der Waals surface area contributed by atoms with Gasteiger partial charge >= 0.3 is 0 Å². The lowest BCUT2D eigenvalue weighted by Gasteiger charge is -2.38. The Morgan fingerprint density at radius 2 is 1.48 bits per heavy atom. The fourth-order valence-electron chi connectivity index (χ4n) is 6.09. The molecule has 0 unspecified atom stereocenters. The van der Waals surface area contributed by atoms with Crippen molar-refractivity contribution in [1.29, 1.82) is 0 Å². The predicted octanol–water partition coefficient (Wildman–Crippen LogP) is 8.78. The van der Waals surface area contributed by atoms with Gasteiger partial charge in [0, 0.05) is 5.39 Å². The van der Waals surface area contributed by atoms with Gasteiger partial charge in [-0.25, -0.2) is 8.78 Å². The highest BCUT2D eigenvalue weighted by atomic mass is 19.2. The largest absolute Gasteiger partial charge is 0.204 e. The molecule has 0 heterocycles. The van der Waals surface area contributed by atoms with Crippen molar-refractivity contribution in [2.24, 2.45) is 17.8 Å². The first kappa shape index (κ1) is 20.8. The zero-order valence-corrected chi connectivity index (χ0v) is 17.9. The smallest absolute Gasteiger partial charge is 0.166 e. The number of benzene rings is 2. The van der Waals surface area contributed by atoms with Gasteiger partial charge in [0.05, 0.1) is 0 Å². The minimum Gasteiger partial charge on any atom is -0.204 e. The van der Waals surface area contributed by atoms with Crippen molar-refractivity contribution in [1.82, 2.24) is 0 Å². The van der Waals surface area contributed by atoms with Crippen molar-refractivity contribution >= 4 is 10.8 Å². The van der Waals surface area contributed by atoms with Gasteiger partial charge in [0.1, 0.15) is 0 Å². The maximum Gasteiger partial charge on any atom is 0.166 e. The first-order chi connectivity index (χ1) is 14.2. The highest BCUT2D eigenvalue weighted by Gasteiger charge is 2.31. The number of fused-ring (bicyclic) bond motifs is 1. The highest BCUT2D eigenvalue weighted by Crippen LogP contribution is 2.44. The van der Waals surface area contributed by atoms with Gasteiger partial charge in [-0.05, 0) is 79.2 Å². The lowest BCUT2D eigenvalue weighted by Crippen LogP contribution is -2.25. The Morgan fingerprint density at radius 1 is 0.793 bits per heavy atom. The van der Waals surface area contributed by atoms with Crippen LogP contribution in [0.3, 0.4) is 0 Å². The molecule has 4 rings (SSSR count). The molecule has 0 saturated heterocycles. The minimum atomic E-state index is -0.758. The fraction of sp³-hybridized carbons (Fsp3) is 0.630. The molecule has 0 bridgehead atoms. The van der Waals surface area contributed by atoms with Gasteiger partial charge in [-0.3, -0.25) is 0 Å². The monoisotopic (exact) mass is 398 g/mol.